The fourth-order valence-corrected chi connectivity index (χ4v) is 0. The van der Waals surface area contributed by atoms with Crippen LogP contribution in [0.25, 0.3) is 0 Å². The molecule has 12 heavy (non-hydrogen) atoms. The van der Waals surface area contributed by atoms with Crippen molar-refractivity contribution in [2.24, 2.45) is 0 Å². The van der Waals surface area contributed by atoms with Crippen molar-refractivity contribution in [1.29, 1.82) is 0 Å². The van der Waals surface area contributed by atoms with Gasteiger partial charge in [-0.25, -0.2) is 0 Å². The Hall–Kier alpha value is 0.114. The van der Waals surface area contributed by atoms with Gasteiger partial charge in [0, 0.05) is 32.7 Å². The van der Waals surface area contributed by atoms with Crippen LogP contribution in [0, 0.1) is 0 Å². The third-order valence-electron chi connectivity index (χ3n) is 0. The largest absolute Gasteiger partial charge is 0.542 e. The zero-order valence-corrected chi connectivity index (χ0v) is 10.1. The van der Waals surface area contributed by atoms with Gasteiger partial charge in [0.1, 0.15) is 5.78 Å². The van der Waals surface area contributed by atoms with Crippen LogP contribution in [-0.2, 0) is 47.1 Å². The molecule has 0 aliphatic heterocycles. The van der Waals surface area contributed by atoms with Gasteiger partial charge in [-0.1, -0.05) is 7.43 Å². The van der Waals surface area contributed by atoms with Gasteiger partial charge in [-0.3, -0.25) is 12.6 Å². The van der Waals surface area contributed by atoms with Gasteiger partial charge in [0.15, 0.2) is 0 Å². The minimum absolute atomic E-state index is 0. The van der Waals surface area contributed by atoms with E-state index < -0.39 is 0 Å². The zero-order valence-electron chi connectivity index (χ0n) is 7.30. The summed E-state index contributed by atoms with van der Waals surface area (Å²) in [7, 11) is 0. The molecule has 1 radical (unpaired) electrons. The van der Waals surface area contributed by atoms with Crippen LogP contribution < -0.4 is 0 Å². The van der Waals surface area contributed by atoms with Gasteiger partial charge >= 0.3 is 0 Å². The summed E-state index contributed by atoms with van der Waals surface area (Å²) in [5.41, 5.74) is 0. The van der Waals surface area contributed by atoms with Crippen molar-refractivity contribution in [2.75, 3.05) is 0 Å². The van der Waals surface area contributed by atoms with Crippen LogP contribution in [0.5, 0.6) is 0 Å². The monoisotopic (exact) mass is 249 g/mol. The normalized spacial score (nSPS) is 4.33. The summed E-state index contributed by atoms with van der Waals surface area (Å²) in [5.74, 6) is 0.167. The third kappa shape index (κ3) is 64800. The van der Waals surface area contributed by atoms with Gasteiger partial charge in [-0.15, -0.1) is 0 Å². The van der Waals surface area contributed by atoms with Crippen molar-refractivity contribution in [3.63, 3.8) is 0 Å². The first-order chi connectivity index (χ1) is 4.56. The maximum atomic E-state index is 9.44. The van der Waals surface area contributed by atoms with Crippen LogP contribution >= 0.6 is 0 Å². The predicted molar refractivity (Wildman–Crippen MR) is 45.8 cm³/mol. The number of rotatable bonds is 0. The van der Waals surface area contributed by atoms with Gasteiger partial charge in [0.05, 0.1) is 0 Å². The van der Waals surface area contributed by atoms with Crippen molar-refractivity contribution in [3.8, 4) is 0 Å². The topological polar surface area (TPSA) is 51.2 Å². The number of Topliss-reactive ketones (excluding diaryl/α,β-unsaturated/α-hetero) is 1. The maximum absolute atomic E-state index is 9.44. The first-order valence-corrected chi connectivity index (χ1v) is 2.61. The average Bonchev–Trinajstić information content (AvgIpc) is 1.65. The molecule has 0 aromatic heterocycles. The van der Waals surface area contributed by atoms with Gasteiger partial charge in [0.25, 0.3) is 0 Å². The molecule has 0 fully saturated rings. The first-order valence-electron chi connectivity index (χ1n) is 2.61. The Labute approximate surface area is 100 Å². The zero-order chi connectivity index (χ0) is 8.99. The van der Waals surface area contributed by atoms with Crippen LogP contribution in [0.4, 0.5) is 0 Å². The number of carbonyl (C=O) groups is 1. The molecule has 0 aliphatic rings. The Morgan fingerprint density at radius 3 is 1.00 bits per heavy atom. The molecule has 0 amide bonds. The van der Waals surface area contributed by atoms with E-state index in [1.165, 1.54) is 40.3 Å². The van der Waals surface area contributed by atoms with E-state index in [0.717, 1.165) is 0 Å². The molecule has 0 N–H and O–H groups in total. The van der Waals surface area contributed by atoms with E-state index >= 15 is 0 Å². The number of ketones is 1. The Morgan fingerprint density at radius 2 is 1.00 bits per heavy atom. The van der Waals surface area contributed by atoms with E-state index in [0.29, 0.717) is 0 Å². The van der Waals surface area contributed by atoms with E-state index in [9.17, 15) is 4.79 Å². The summed E-state index contributed by atoms with van der Waals surface area (Å²) < 4.78 is 0. The van der Waals surface area contributed by atoms with Crippen LogP contribution in [0.3, 0.4) is 0 Å². The minimum Gasteiger partial charge on any atom is -0.542 e. The minimum atomic E-state index is 0. The van der Waals surface area contributed by atoms with E-state index in [1.54, 1.807) is 0 Å². The molecular formula is C8H16O3Y-2. The Balaban J connectivity index is -0.0000000191. The molecule has 0 saturated carbocycles. The molecule has 0 heterocycles. The molecule has 0 aromatic carbocycles. The van der Waals surface area contributed by atoms with Gasteiger partial charge < -0.3 is 14.4 Å². The van der Waals surface area contributed by atoms with Crippen LogP contribution in [0.15, 0.2) is 0 Å². The first kappa shape index (κ1) is 29.6. The summed E-state index contributed by atoms with van der Waals surface area (Å²) in [4.78, 5) is 26.8. The Morgan fingerprint density at radius 1 is 1.00 bits per heavy atom. The van der Waals surface area contributed by atoms with Crippen molar-refractivity contribution in [3.05, 3.63) is 0 Å². The summed E-state index contributed by atoms with van der Waals surface area (Å²) in [6.45, 7) is 5.69. The molecule has 71 valence electrons. The van der Waals surface area contributed by atoms with Crippen molar-refractivity contribution in [2.45, 2.75) is 35.1 Å². The molecular weight excluding hydrogens is 233 g/mol. The Bertz CT molecular complexity index is 82.3. The molecule has 0 aromatic rings. The van der Waals surface area contributed by atoms with Gasteiger partial charge in [-0.05, 0) is 13.8 Å². The average molecular weight is 249 g/mol. The molecule has 4 heteroatoms. The molecule has 0 rings (SSSR count). The smallest absolute Gasteiger partial charge is 0.126 e. The van der Waals surface area contributed by atoms with Crippen molar-refractivity contribution in [1.82, 2.24) is 0 Å². The van der Waals surface area contributed by atoms with Crippen LogP contribution in [0.1, 0.15) is 35.1 Å². The fourth-order valence-electron chi connectivity index (χ4n) is 0. The van der Waals surface area contributed by atoms with E-state index in [4.69, 9.17) is 9.59 Å². The predicted octanol–water partition coefficient (Wildman–Crippen LogP) is 1.46. The number of hydrogen-bond acceptors (Lipinski definition) is 3. The van der Waals surface area contributed by atoms with Crippen LogP contribution in [0.2, 0.25) is 0 Å². The van der Waals surface area contributed by atoms with E-state index in [1.807, 2.05) is 0 Å². The quantitative estimate of drug-likeness (QED) is 0.611. The molecule has 0 atom stereocenters. The summed E-state index contributed by atoms with van der Waals surface area (Å²) in [5, 5.41) is 0. The van der Waals surface area contributed by atoms with E-state index in [2.05, 4.69) is 0 Å². The fraction of sp³-hybridized carbons (Fsp3) is 0.625. The van der Waals surface area contributed by atoms with E-state index in [-0.39, 0.29) is 45.9 Å². The molecule has 0 unspecified atom stereocenters. The maximum Gasteiger partial charge on any atom is 0.126 e. The number of carbonyl (C=O) groups excluding carboxylic acids is 3. The molecule has 3 nitrogen and oxygen atoms in total. The van der Waals surface area contributed by atoms with Crippen LogP contribution in [-0.4, -0.2) is 18.4 Å². The molecule has 0 saturated heterocycles. The number of hydrogen-bond donors (Lipinski definition) is 0. The summed E-state index contributed by atoms with van der Waals surface area (Å²) >= 11 is 0. The van der Waals surface area contributed by atoms with Gasteiger partial charge in [0.2, 0.25) is 0 Å². The van der Waals surface area contributed by atoms with Gasteiger partial charge in [-0.2, -0.15) is 13.8 Å². The second-order valence-corrected chi connectivity index (χ2v) is 1.32. The van der Waals surface area contributed by atoms with Crippen molar-refractivity contribution < 1.29 is 47.1 Å². The van der Waals surface area contributed by atoms with Crippen molar-refractivity contribution >= 4 is 18.4 Å². The molecule has 0 spiro atoms. The third-order valence-corrected chi connectivity index (χ3v) is 0. The Kier molecular flexibility index (Phi) is 107. The molecule has 0 bridgehead atoms. The summed E-state index contributed by atoms with van der Waals surface area (Å²) in [6.07, 6.45) is 3.00. The second-order valence-electron chi connectivity index (χ2n) is 1.32. The summed E-state index contributed by atoms with van der Waals surface area (Å²) in [6, 6.07) is 0. The standard InChI is InChI=1S/C3H6O.2C2H3O.CH4.Y/c1-3(2)4;2*1-2-3;;/h1-2H3;2*1H3;1H4;/q;2*-1;;. The molecule has 0 aliphatic carbocycles. The SMILES string of the molecule is C.CC(C)=O.C[C-]=O.C[C-]=O.[Y]. The second kappa shape index (κ2) is 43.5.